The molecule has 0 saturated heterocycles. The molecule has 1 unspecified atom stereocenters. The zero-order chi connectivity index (χ0) is 14.2. The zero-order valence-electron chi connectivity index (χ0n) is 13.3. The number of hydrogen-bond acceptors (Lipinski definition) is 1. The third-order valence-corrected chi connectivity index (χ3v) is 3.87. The average Bonchev–Trinajstić information content (AvgIpc) is 2.42. The summed E-state index contributed by atoms with van der Waals surface area (Å²) in [4.78, 5) is 10.6. The van der Waals surface area contributed by atoms with E-state index in [1.54, 1.807) is 0 Å². The predicted molar refractivity (Wildman–Crippen MR) is 84.4 cm³/mol. The number of carbonyl (C=O) groups excluding carboxylic acids is 1. The van der Waals surface area contributed by atoms with Gasteiger partial charge in [0, 0.05) is 6.04 Å². The summed E-state index contributed by atoms with van der Waals surface area (Å²) in [6.45, 7) is 4.50. The summed E-state index contributed by atoms with van der Waals surface area (Å²) < 4.78 is 0. The van der Waals surface area contributed by atoms with E-state index in [9.17, 15) is 4.79 Å². The van der Waals surface area contributed by atoms with E-state index >= 15 is 0 Å². The van der Waals surface area contributed by atoms with Gasteiger partial charge in [-0.2, -0.15) is 0 Å². The maximum atomic E-state index is 10.6. The van der Waals surface area contributed by atoms with Crippen molar-refractivity contribution in [3.63, 3.8) is 0 Å². The number of hydrogen-bond donors (Lipinski definition) is 1. The summed E-state index contributed by atoms with van der Waals surface area (Å²) >= 11 is 0. The van der Waals surface area contributed by atoms with Crippen LogP contribution in [-0.2, 0) is 4.79 Å². The van der Waals surface area contributed by atoms with Crippen molar-refractivity contribution >= 4 is 6.41 Å². The standard InChI is InChI=1S/C17H35NO/c1-3-5-7-9-11-13-15-17(18-16-19)14-12-10-8-6-4-2/h16-17H,3-15H2,1-2H3,(H,18,19). The second-order valence-electron chi connectivity index (χ2n) is 5.74. The van der Waals surface area contributed by atoms with Gasteiger partial charge in [0.15, 0.2) is 0 Å². The lowest BCUT2D eigenvalue weighted by molar-refractivity contribution is -0.110. The lowest BCUT2D eigenvalue weighted by atomic mass is 10.0. The fourth-order valence-electron chi connectivity index (χ4n) is 2.57. The molecule has 0 aliphatic rings. The first kappa shape index (κ1) is 18.5. The molecular weight excluding hydrogens is 234 g/mol. The Kier molecular flexibility index (Phi) is 15.1. The Bertz CT molecular complexity index is 182. The SMILES string of the molecule is CCCCCCCCC(CCCCCCC)NC=O. The zero-order valence-corrected chi connectivity index (χ0v) is 13.3. The lowest BCUT2D eigenvalue weighted by Gasteiger charge is -2.15. The van der Waals surface area contributed by atoms with Gasteiger partial charge in [-0.3, -0.25) is 4.79 Å². The van der Waals surface area contributed by atoms with Crippen molar-refractivity contribution in [2.24, 2.45) is 0 Å². The van der Waals surface area contributed by atoms with Gasteiger partial charge < -0.3 is 5.32 Å². The minimum absolute atomic E-state index is 0.422. The Hall–Kier alpha value is -0.530. The molecular formula is C17H35NO. The smallest absolute Gasteiger partial charge is 0.207 e. The maximum Gasteiger partial charge on any atom is 0.207 e. The first-order valence-electron chi connectivity index (χ1n) is 8.54. The van der Waals surface area contributed by atoms with Crippen molar-refractivity contribution in [3.8, 4) is 0 Å². The lowest BCUT2D eigenvalue weighted by Crippen LogP contribution is -2.27. The van der Waals surface area contributed by atoms with Crippen LogP contribution in [0, 0.1) is 0 Å². The molecule has 0 spiro atoms. The van der Waals surface area contributed by atoms with E-state index in [-0.39, 0.29) is 0 Å². The number of unbranched alkanes of at least 4 members (excludes halogenated alkanes) is 9. The minimum Gasteiger partial charge on any atom is -0.356 e. The second-order valence-corrected chi connectivity index (χ2v) is 5.74. The van der Waals surface area contributed by atoms with Crippen molar-refractivity contribution in [1.29, 1.82) is 0 Å². The van der Waals surface area contributed by atoms with E-state index < -0.39 is 0 Å². The Morgan fingerprint density at radius 2 is 1.16 bits per heavy atom. The van der Waals surface area contributed by atoms with Crippen LogP contribution in [0.3, 0.4) is 0 Å². The van der Waals surface area contributed by atoms with Crippen molar-refractivity contribution in [2.75, 3.05) is 0 Å². The van der Waals surface area contributed by atoms with E-state index in [2.05, 4.69) is 19.2 Å². The molecule has 0 fully saturated rings. The topological polar surface area (TPSA) is 29.1 Å². The monoisotopic (exact) mass is 269 g/mol. The van der Waals surface area contributed by atoms with Crippen LogP contribution in [0.1, 0.15) is 97.3 Å². The third-order valence-electron chi connectivity index (χ3n) is 3.87. The highest BCUT2D eigenvalue weighted by atomic mass is 16.1. The largest absolute Gasteiger partial charge is 0.356 e. The molecule has 0 aromatic rings. The molecule has 1 atom stereocenters. The number of amides is 1. The van der Waals surface area contributed by atoms with Crippen LogP contribution >= 0.6 is 0 Å². The van der Waals surface area contributed by atoms with Gasteiger partial charge in [0.05, 0.1) is 0 Å². The Morgan fingerprint density at radius 1 is 0.737 bits per heavy atom. The van der Waals surface area contributed by atoms with Crippen LogP contribution in [0.2, 0.25) is 0 Å². The average molecular weight is 269 g/mol. The van der Waals surface area contributed by atoms with Gasteiger partial charge in [-0.25, -0.2) is 0 Å². The highest BCUT2D eigenvalue weighted by Gasteiger charge is 2.06. The van der Waals surface area contributed by atoms with E-state index in [1.807, 2.05) is 0 Å². The molecule has 0 saturated carbocycles. The van der Waals surface area contributed by atoms with E-state index in [0.29, 0.717) is 6.04 Å². The first-order chi connectivity index (χ1) is 9.35. The summed E-state index contributed by atoms with van der Waals surface area (Å²) in [5.74, 6) is 0. The second kappa shape index (κ2) is 15.5. The van der Waals surface area contributed by atoms with Crippen molar-refractivity contribution in [1.82, 2.24) is 5.32 Å². The molecule has 2 nitrogen and oxygen atoms in total. The van der Waals surface area contributed by atoms with E-state index in [4.69, 9.17) is 0 Å². The molecule has 0 radical (unpaired) electrons. The van der Waals surface area contributed by atoms with Crippen LogP contribution in [0.25, 0.3) is 0 Å². The van der Waals surface area contributed by atoms with E-state index in [0.717, 1.165) is 12.8 Å². The number of carbonyl (C=O) groups is 1. The summed E-state index contributed by atoms with van der Waals surface area (Å²) in [6, 6.07) is 0.422. The van der Waals surface area contributed by atoms with Crippen LogP contribution in [0.15, 0.2) is 0 Å². The molecule has 0 heterocycles. The molecule has 0 rings (SSSR count). The highest BCUT2D eigenvalue weighted by molar-refractivity contribution is 5.46. The fraction of sp³-hybridized carbons (Fsp3) is 0.941. The number of rotatable bonds is 15. The Morgan fingerprint density at radius 3 is 1.58 bits per heavy atom. The van der Waals surface area contributed by atoms with Gasteiger partial charge in [-0.05, 0) is 12.8 Å². The predicted octanol–water partition coefficient (Wildman–Crippen LogP) is 5.21. The fourth-order valence-corrected chi connectivity index (χ4v) is 2.57. The van der Waals surface area contributed by atoms with Crippen LogP contribution in [-0.4, -0.2) is 12.5 Å². The van der Waals surface area contributed by atoms with Gasteiger partial charge in [-0.1, -0.05) is 84.5 Å². The van der Waals surface area contributed by atoms with Crippen LogP contribution < -0.4 is 5.32 Å². The Balaban J connectivity index is 3.47. The molecule has 0 aromatic heterocycles. The number of nitrogens with one attached hydrogen (secondary N) is 1. The summed E-state index contributed by atoms with van der Waals surface area (Å²) in [7, 11) is 0. The minimum atomic E-state index is 0.422. The summed E-state index contributed by atoms with van der Waals surface area (Å²) in [5, 5.41) is 3.00. The summed E-state index contributed by atoms with van der Waals surface area (Å²) in [5.41, 5.74) is 0. The molecule has 0 aliphatic carbocycles. The van der Waals surface area contributed by atoms with Crippen LogP contribution in [0.5, 0.6) is 0 Å². The van der Waals surface area contributed by atoms with Gasteiger partial charge in [0.2, 0.25) is 6.41 Å². The molecule has 0 aliphatic heterocycles. The first-order valence-corrected chi connectivity index (χ1v) is 8.54. The van der Waals surface area contributed by atoms with E-state index in [1.165, 1.54) is 77.0 Å². The molecule has 0 aromatic carbocycles. The Labute approximate surface area is 120 Å². The highest BCUT2D eigenvalue weighted by Crippen LogP contribution is 2.13. The van der Waals surface area contributed by atoms with Gasteiger partial charge in [0.25, 0.3) is 0 Å². The molecule has 0 bridgehead atoms. The normalized spacial score (nSPS) is 12.3. The summed E-state index contributed by atoms with van der Waals surface area (Å²) in [6.07, 6.45) is 17.8. The van der Waals surface area contributed by atoms with Gasteiger partial charge in [-0.15, -0.1) is 0 Å². The maximum absolute atomic E-state index is 10.6. The van der Waals surface area contributed by atoms with Crippen molar-refractivity contribution < 1.29 is 4.79 Å². The molecule has 1 amide bonds. The molecule has 114 valence electrons. The molecule has 2 heteroatoms. The third kappa shape index (κ3) is 13.7. The molecule has 1 N–H and O–H groups in total. The van der Waals surface area contributed by atoms with Gasteiger partial charge >= 0.3 is 0 Å². The van der Waals surface area contributed by atoms with Crippen molar-refractivity contribution in [2.45, 2.75) is 103 Å². The van der Waals surface area contributed by atoms with Gasteiger partial charge in [0.1, 0.15) is 0 Å². The van der Waals surface area contributed by atoms with Crippen LogP contribution in [0.4, 0.5) is 0 Å². The van der Waals surface area contributed by atoms with Crippen molar-refractivity contribution in [3.05, 3.63) is 0 Å². The molecule has 19 heavy (non-hydrogen) atoms. The quantitative estimate of drug-likeness (QED) is 0.321.